The van der Waals surface area contributed by atoms with E-state index >= 15 is 0 Å². The fourth-order valence-corrected chi connectivity index (χ4v) is 5.43. The first kappa shape index (κ1) is 22.5. The number of sulfonamides is 1. The number of hydrogen-bond acceptors (Lipinski definition) is 3. The number of piperazine rings is 1. The van der Waals surface area contributed by atoms with E-state index in [1.54, 1.807) is 24.3 Å². The first-order valence-corrected chi connectivity index (χ1v) is 12.1. The summed E-state index contributed by atoms with van der Waals surface area (Å²) in [5.41, 5.74) is 1.12. The quantitative estimate of drug-likeness (QED) is 0.669. The van der Waals surface area contributed by atoms with E-state index < -0.39 is 10.0 Å². The average molecular weight is 431 g/mol. The SMILES string of the molecule is CCC[C@H](NC(=O)[C@H](C)[NH+]1CCN(S(=O)(=O)c2ccccc2)CC1)c1ccccc1. The summed E-state index contributed by atoms with van der Waals surface area (Å²) in [4.78, 5) is 14.4. The van der Waals surface area contributed by atoms with E-state index in [4.69, 9.17) is 0 Å². The van der Waals surface area contributed by atoms with Crippen LogP contribution in [0.3, 0.4) is 0 Å². The van der Waals surface area contributed by atoms with Crippen LogP contribution in [-0.2, 0) is 14.8 Å². The second-order valence-electron chi connectivity index (χ2n) is 7.86. The third kappa shape index (κ3) is 5.28. The van der Waals surface area contributed by atoms with Crippen molar-refractivity contribution < 1.29 is 18.1 Å². The summed E-state index contributed by atoms with van der Waals surface area (Å²) >= 11 is 0. The number of carbonyl (C=O) groups excluding carboxylic acids is 1. The van der Waals surface area contributed by atoms with Crippen LogP contribution in [0.2, 0.25) is 0 Å². The fourth-order valence-electron chi connectivity index (χ4n) is 3.97. The summed E-state index contributed by atoms with van der Waals surface area (Å²) in [6.07, 6.45) is 1.87. The highest BCUT2D eigenvalue weighted by atomic mass is 32.2. The van der Waals surface area contributed by atoms with E-state index in [1.165, 1.54) is 4.31 Å². The topological polar surface area (TPSA) is 70.9 Å². The van der Waals surface area contributed by atoms with Crippen molar-refractivity contribution in [1.29, 1.82) is 0 Å². The smallest absolute Gasteiger partial charge is 0.278 e. The average Bonchev–Trinajstić information content (AvgIpc) is 2.79. The molecule has 0 aliphatic carbocycles. The van der Waals surface area contributed by atoms with E-state index in [-0.39, 0.29) is 18.0 Å². The maximum atomic E-state index is 12.9. The number of carbonyl (C=O) groups is 1. The summed E-state index contributed by atoms with van der Waals surface area (Å²) < 4.78 is 27.1. The van der Waals surface area contributed by atoms with Crippen LogP contribution in [0.15, 0.2) is 65.6 Å². The second-order valence-corrected chi connectivity index (χ2v) is 9.80. The van der Waals surface area contributed by atoms with Gasteiger partial charge in [0.2, 0.25) is 10.0 Å². The first-order valence-electron chi connectivity index (χ1n) is 10.7. The van der Waals surface area contributed by atoms with Crippen molar-refractivity contribution in [3.05, 3.63) is 66.2 Å². The van der Waals surface area contributed by atoms with Crippen molar-refractivity contribution in [3.8, 4) is 0 Å². The Kier molecular flexibility index (Phi) is 7.64. The monoisotopic (exact) mass is 430 g/mol. The lowest BCUT2D eigenvalue weighted by atomic mass is 10.0. The molecular formula is C23H32N3O3S+. The standard InChI is InChI=1S/C23H31N3O3S/c1-3-10-22(20-11-6-4-7-12-20)24-23(27)19(2)25-15-17-26(18-16-25)30(28,29)21-13-8-5-9-14-21/h4-9,11-14,19,22H,3,10,15-18H2,1-2H3,(H,24,27)/p+1/t19-,22-/m0/s1. The van der Waals surface area contributed by atoms with Crippen LogP contribution in [-0.4, -0.2) is 50.9 Å². The Morgan fingerprint density at radius 2 is 1.60 bits per heavy atom. The summed E-state index contributed by atoms with van der Waals surface area (Å²) in [6, 6.07) is 18.4. The van der Waals surface area contributed by atoms with Gasteiger partial charge in [0.25, 0.3) is 5.91 Å². The van der Waals surface area contributed by atoms with Gasteiger partial charge < -0.3 is 10.2 Å². The molecule has 1 aliphatic rings. The van der Waals surface area contributed by atoms with Gasteiger partial charge in [-0.05, 0) is 31.0 Å². The first-order chi connectivity index (χ1) is 14.4. The molecule has 3 rings (SSSR count). The summed E-state index contributed by atoms with van der Waals surface area (Å²) in [5, 5.41) is 3.21. The minimum Gasteiger partial charge on any atom is -0.344 e. The summed E-state index contributed by atoms with van der Waals surface area (Å²) in [6.45, 7) is 6.11. The van der Waals surface area contributed by atoms with Gasteiger partial charge in [-0.2, -0.15) is 4.31 Å². The molecule has 6 nitrogen and oxygen atoms in total. The van der Waals surface area contributed by atoms with Gasteiger partial charge in [0.15, 0.2) is 6.04 Å². The molecule has 0 saturated carbocycles. The van der Waals surface area contributed by atoms with Gasteiger partial charge in [-0.3, -0.25) is 4.79 Å². The van der Waals surface area contributed by atoms with Gasteiger partial charge in [0.1, 0.15) is 0 Å². The molecule has 2 atom stereocenters. The third-order valence-electron chi connectivity index (χ3n) is 5.85. The molecular weight excluding hydrogens is 398 g/mol. The van der Waals surface area contributed by atoms with Crippen LogP contribution >= 0.6 is 0 Å². The zero-order valence-corrected chi connectivity index (χ0v) is 18.6. The van der Waals surface area contributed by atoms with Gasteiger partial charge in [0.05, 0.1) is 37.1 Å². The van der Waals surface area contributed by atoms with E-state index in [0.717, 1.165) is 23.3 Å². The van der Waals surface area contributed by atoms with Crippen molar-refractivity contribution in [2.24, 2.45) is 0 Å². The largest absolute Gasteiger partial charge is 0.344 e. The van der Waals surface area contributed by atoms with Crippen LogP contribution in [0.4, 0.5) is 0 Å². The molecule has 1 amide bonds. The predicted octanol–water partition coefficient (Wildman–Crippen LogP) is 1.62. The van der Waals surface area contributed by atoms with Gasteiger partial charge in [0, 0.05) is 0 Å². The fraction of sp³-hybridized carbons (Fsp3) is 0.435. The van der Waals surface area contributed by atoms with Crippen LogP contribution in [0.5, 0.6) is 0 Å². The van der Waals surface area contributed by atoms with E-state index in [0.29, 0.717) is 31.1 Å². The van der Waals surface area contributed by atoms with E-state index in [1.807, 2.05) is 43.3 Å². The highest BCUT2D eigenvalue weighted by Gasteiger charge is 2.34. The Bertz CT molecular complexity index is 911. The lowest BCUT2D eigenvalue weighted by Gasteiger charge is -2.34. The highest BCUT2D eigenvalue weighted by molar-refractivity contribution is 7.89. The number of nitrogens with one attached hydrogen (secondary N) is 2. The van der Waals surface area contributed by atoms with Crippen molar-refractivity contribution in [3.63, 3.8) is 0 Å². The van der Waals surface area contributed by atoms with Crippen molar-refractivity contribution in [1.82, 2.24) is 9.62 Å². The molecule has 2 N–H and O–H groups in total. The molecule has 0 unspecified atom stereocenters. The molecule has 2 aromatic rings. The lowest BCUT2D eigenvalue weighted by molar-refractivity contribution is -0.917. The van der Waals surface area contributed by atoms with Gasteiger partial charge >= 0.3 is 0 Å². The number of nitrogens with zero attached hydrogens (tertiary/aromatic N) is 1. The Balaban J connectivity index is 1.59. The van der Waals surface area contributed by atoms with E-state index in [9.17, 15) is 13.2 Å². The molecule has 2 aromatic carbocycles. The van der Waals surface area contributed by atoms with Crippen molar-refractivity contribution in [2.75, 3.05) is 26.2 Å². The second kappa shape index (κ2) is 10.2. The number of hydrogen-bond donors (Lipinski definition) is 2. The van der Waals surface area contributed by atoms with Crippen molar-refractivity contribution >= 4 is 15.9 Å². The van der Waals surface area contributed by atoms with Crippen LogP contribution < -0.4 is 10.2 Å². The molecule has 7 heteroatoms. The lowest BCUT2D eigenvalue weighted by Crippen LogP contribution is -3.19. The molecule has 0 radical (unpaired) electrons. The number of quaternary nitrogens is 1. The van der Waals surface area contributed by atoms with Gasteiger partial charge in [-0.15, -0.1) is 0 Å². The molecule has 1 fully saturated rings. The Morgan fingerprint density at radius 3 is 2.17 bits per heavy atom. The van der Waals surface area contributed by atoms with Gasteiger partial charge in [-0.25, -0.2) is 8.42 Å². The zero-order chi connectivity index (χ0) is 21.6. The Hall–Kier alpha value is -2.22. The molecule has 0 spiro atoms. The molecule has 0 aromatic heterocycles. The third-order valence-corrected chi connectivity index (χ3v) is 7.76. The molecule has 1 heterocycles. The number of rotatable bonds is 8. The Labute approximate surface area is 179 Å². The predicted molar refractivity (Wildman–Crippen MR) is 118 cm³/mol. The molecule has 30 heavy (non-hydrogen) atoms. The zero-order valence-electron chi connectivity index (χ0n) is 17.8. The maximum absolute atomic E-state index is 12.9. The van der Waals surface area contributed by atoms with Crippen LogP contribution in [0.25, 0.3) is 0 Å². The van der Waals surface area contributed by atoms with Crippen LogP contribution in [0.1, 0.15) is 38.3 Å². The molecule has 0 bridgehead atoms. The number of benzene rings is 2. The number of amides is 1. The normalized spacial score (nSPS) is 17.9. The molecule has 162 valence electrons. The summed E-state index contributed by atoms with van der Waals surface area (Å²) in [5.74, 6) is 0.0201. The van der Waals surface area contributed by atoms with Crippen LogP contribution in [0, 0.1) is 0 Å². The summed E-state index contributed by atoms with van der Waals surface area (Å²) in [7, 11) is -3.47. The van der Waals surface area contributed by atoms with Crippen molar-refractivity contribution in [2.45, 2.75) is 43.7 Å². The minimum atomic E-state index is -3.47. The minimum absolute atomic E-state index is 0.00491. The maximum Gasteiger partial charge on any atom is 0.278 e. The highest BCUT2D eigenvalue weighted by Crippen LogP contribution is 2.18. The van der Waals surface area contributed by atoms with Gasteiger partial charge in [-0.1, -0.05) is 61.9 Å². The molecule has 1 aliphatic heterocycles. The van der Waals surface area contributed by atoms with E-state index in [2.05, 4.69) is 12.2 Å². The Morgan fingerprint density at radius 1 is 1.03 bits per heavy atom. The molecule has 1 saturated heterocycles.